The van der Waals surface area contributed by atoms with Gasteiger partial charge in [0.25, 0.3) is 5.56 Å². The first kappa shape index (κ1) is 11.8. The minimum Gasteiger partial charge on any atom is -0.327 e. The van der Waals surface area contributed by atoms with Crippen LogP contribution in [-0.4, -0.2) is 19.9 Å². The smallest absolute Gasteiger partial charge is 0.327 e. The molecular formula is C12H10N4O2S. The molecule has 0 bridgehead atoms. The lowest BCUT2D eigenvalue weighted by Crippen LogP contribution is -2.21. The van der Waals surface area contributed by atoms with Crippen molar-refractivity contribution in [3.05, 3.63) is 56.7 Å². The van der Waals surface area contributed by atoms with E-state index in [1.165, 1.54) is 11.8 Å². The summed E-state index contributed by atoms with van der Waals surface area (Å²) in [6.45, 7) is 0. The van der Waals surface area contributed by atoms with Crippen molar-refractivity contribution in [2.75, 3.05) is 0 Å². The van der Waals surface area contributed by atoms with E-state index < -0.39 is 11.2 Å². The van der Waals surface area contributed by atoms with Crippen molar-refractivity contribution in [1.82, 2.24) is 19.9 Å². The molecule has 0 amide bonds. The van der Waals surface area contributed by atoms with Crippen molar-refractivity contribution in [2.45, 2.75) is 10.9 Å². The molecule has 0 unspecified atom stereocenters. The Morgan fingerprint density at radius 1 is 1.05 bits per heavy atom. The highest BCUT2D eigenvalue weighted by atomic mass is 32.2. The summed E-state index contributed by atoms with van der Waals surface area (Å²) >= 11 is 1.47. The lowest BCUT2D eigenvalue weighted by atomic mass is 10.2. The second-order valence-electron chi connectivity index (χ2n) is 3.95. The summed E-state index contributed by atoms with van der Waals surface area (Å²) < 4.78 is 0. The van der Waals surface area contributed by atoms with Crippen molar-refractivity contribution in [3.8, 4) is 0 Å². The first-order valence-electron chi connectivity index (χ1n) is 5.61. The SMILES string of the molecule is O=c1[nH]c(=O)c2[nH]c(SCc3ccccc3)nc2[nH]1. The van der Waals surface area contributed by atoms with Gasteiger partial charge in [0.15, 0.2) is 10.8 Å². The zero-order valence-corrected chi connectivity index (χ0v) is 10.6. The molecule has 19 heavy (non-hydrogen) atoms. The Morgan fingerprint density at radius 3 is 2.63 bits per heavy atom. The maximum atomic E-state index is 11.5. The van der Waals surface area contributed by atoms with Crippen LogP contribution in [0.4, 0.5) is 0 Å². The first-order chi connectivity index (χ1) is 9.22. The van der Waals surface area contributed by atoms with Gasteiger partial charge in [-0.2, -0.15) is 0 Å². The number of hydrogen-bond acceptors (Lipinski definition) is 4. The highest BCUT2D eigenvalue weighted by molar-refractivity contribution is 7.98. The number of aromatic amines is 3. The molecule has 1 aromatic carbocycles. The Kier molecular flexibility index (Phi) is 2.96. The third-order valence-corrected chi connectivity index (χ3v) is 3.53. The molecule has 0 aliphatic carbocycles. The van der Waals surface area contributed by atoms with Crippen LogP contribution in [0.1, 0.15) is 5.56 Å². The first-order valence-corrected chi connectivity index (χ1v) is 6.60. The molecule has 3 aromatic rings. The van der Waals surface area contributed by atoms with E-state index in [4.69, 9.17) is 0 Å². The van der Waals surface area contributed by atoms with Crippen molar-refractivity contribution < 1.29 is 0 Å². The zero-order valence-electron chi connectivity index (χ0n) is 9.77. The van der Waals surface area contributed by atoms with Crippen LogP contribution in [0.5, 0.6) is 0 Å². The number of thioether (sulfide) groups is 1. The Morgan fingerprint density at radius 2 is 1.84 bits per heavy atom. The summed E-state index contributed by atoms with van der Waals surface area (Å²) in [6, 6.07) is 9.93. The minimum atomic E-state index is -0.552. The molecule has 2 heterocycles. The average Bonchev–Trinajstić information content (AvgIpc) is 2.81. The molecule has 0 radical (unpaired) electrons. The van der Waals surface area contributed by atoms with E-state index in [0.717, 1.165) is 11.3 Å². The van der Waals surface area contributed by atoms with Crippen LogP contribution in [0, 0.1) is 0 Å². The minimum absolute atomic E-state index is 0.282. The molecule has 0 fully saturated rings. The maximum absolute atomic E-state index is 11.5. The summed E-state index contributed by atoms with van der Waals surface area (Å²) in [5, 5.41) is 0.603. The second kappa shape index (κ2) is 4.77. The van der Waals surface area contributed by atoms with Crippen molar-refractivity contribution in [2.24, 2.45) is 0 Å². The maximum Gasteiger partial charge on any atom is 0.327 e. The summed E-state index contributed by atoms with van der Waals surface area (Å²) in [5.74, 6) is 0.739. The highest BCUT2D eigenvalue weighted by Gasteiger charge is 2.07. The topological polar surface area (TPSA) is 94.4 Å². The van der Waals surface area contributed by atoms with Gasteiger partial charge < -0.3 is 4.98 Å². The Bertz CT molecular complexity index is 819. The van der Waals surface area contributed by atoms with Gasteiger partial charge in [-0.1, -0.05) is 42.1 Å². The van der Waals surface area contributed by atoms with Crippen molar-refractivity contribution in [3.63, 3.8) is 0 Å². The third kappa shape index (κ3) is 2.45. The lowest BCUT2D eigenvalue weighted by Gasteiger charge is -1.97. The van der Waals surface area contributed by atoms with Crippen LogP contribution >= 0.6 is 11.8 Å². The van der Waals surface area contributed by atoms with Gasteiger partial charge in [-0.25, -0.2) is 9.78 Å². The van der Waals surface area contributed by atoms with Crippen LogP contribution in [0.25, 0.3) is 11.2 Å². The molecule has 0 spiro atoms. The number of nitrogens with one attached hydrogen (secondary N) is 3. The van der Waals surface area contributed by atoms with Gasteiger partial charge in [0, 0.05) is 5.75 Å². The molecule has 7 heteroatoms. The van der Waals surface area contributed by atoms with Crippen LogP contribution in [0.2, 0.25) is 0 Å². The van der Waals surface area contributed by atoms with E-state index in [9.17, 15) is 9.59 Å². The Balaban J connectivity index is 1.88. The molecule has 3 rings (SSSR count). The third-order valence-electron chi connectivity index (χ3n) is 2.59. The molecule has 2 aromatic heterocycles. The molecule has 6 nitrogen and oxygen atoms in total. The molecule has 0 atom stereocenters. The van der Waals surface area contributed by atoms with E-state index in [-0.39, 0.29) is 11.2 Å². The van der Waals surface area contributed by atoms with Crippen molar-refractivity contribution >= 4 is 22.9 Å². The highest BCUT2D eigenvalue weighted by Crippen LogP contribution is 2.20. The van der Waals surface area contributed by atoms with Crippen LogP contribution in [0.15, 0.2) is 45.1 Å². The van der Waals surface area contributed by atoms with Crippen molar-refractivity contribution in [1.29, 1.82) is 0 Å². The van der Waals surface area contributed by atoms with Crippen LogP contribution in [0.3, 0.4) is 0 Å². The summed E-state index contributed by atoms with van der Waals surface area (Å²) in [7, 11) is 0. The normalized spacial score (nSPS) is 10.9. The number of H-pyrrole nitrogens is 3. The van der Waals surface area contributed by atoms with Gasteiger partial charge in [-0.15, -0.1) is 0 Å². The number of rotatable bonds is 3. The number of benzene rings is 1. The zero-order chi connectivity index (χ0) is 13.2. The number of fused-ring (bicyclic) bond motifs is 1. The fourth-order valence-corrected chi connectivity index (χ4v) is 2.53. The predicted molar refractivity (Wildman–Crippen MR) is 73.3 cm³/mol. The molecule has 0 aliphatic heterocycles. The molecule has 0 saturated heterocycles. The van der Waals surface area contributed by atoms with E-state index in [2.05, 4.69) is 19.9 Å². The Labute approximate surface area is 111 Å². The molecule has 3 N–H and O–H groups in total. The summed E-state index contributed by atoms with van der Waals surface area (Å²) in [4.78, 5) is 34.4. The quantitative estimate of drug-likeness (QED) is 0.626. The van der Waals surface area contributed by atoms with Gasteiger partial charge in [0.1, 0.15) is 5.52 Å². The fourth-order valence-electron chi connectivity index (χ4n) is 1.70. The summed E-state index contributed by atoms with van der Waals surface area (Å²) in [6.07, 6.45) is 0. The van der Waals surface area contributed by atoms with E-state index in [0.29, 0.717) is 5.16 Å². The van der Waals surface area contributed by atoms with Gasteiger partial charge >= 0.3 is 5.69 Å². The number of imidazole rings is 1. The molecule has 96 valence electrons. The predicted octanol–water partition coefficient (Wildman–Crippen LogP) is 1.23. The molecule has 0 aliphatic rings. The summed E-state index contributed by atoms with van der Waals surface area (Å²) in [5.41, 5.74) is 0.719. The number of nitrogens with zero attached hydrogens (tertiary/aromatic N) is 1. The molecule has 0 saturated carbocycles. The Hall–Kier alpha value is -2.28. The van der Waals surface area contributed by atoms with Crippen LogP contribution < -0.4 is 11.2 Å². The largest absolute Gasteiger partial charge is 0.327 e. The standard InChI is InChI=1S/C12H10N4O2S/c17-10-8-9(14-11(18)16-10)15-12(13-8)19-6-7-4-2-1-3-5-7/h1-5H,6H2,(H3,13,14,15,16,17,18). The second-order valence-corrected chi connectivity index (χ2v) is 4.91. The van der Waals surface area contributed by atoms with E-state index in [1.807, 2.05) is 30.3 Å². The van der Waals surface area contributed by atoms with E-state index in [1.54, 1.807) is 0 Å². The van der Waals surface area contributed by atoms with Gasteiger partial charge in [-0.3, -0.25) is 14.8 Å². The monoisotopic (exact) mass is 274 g/mol. The van der Waals surface area contributed by atoms with E-state index >= 15 is 0 Å². The van der Waals surface area contributed by atoms with Gasteiger partial charge in [0.05, 0.1) is 0 Å². The fraction of sp³-hybridized carbons (Fsp3) is 0.0833. The van der Waals surface area contributed by atoms with Crippen LogP contribution in [-0.2, 0) is 5.75 Å². The lowest BCUT2D eigenvalue weighted by molar-refractivity contribution is 1.06. The van der Waals surface area contributed by atoms with Gasteiger partial charge in [0.2, 0.25) is 0 Å². The number of hydrogen-bond donors (Lipinski definition) is 3. The average molecular weight is 274 g/mol. The number of aromatic nitrogens is 4. The van der Waals surface area contributed by atoms with Gasteiger partial charge in [-0.05, 0) is 5.56 Å². The molecular weight excluding hydrogens is 264 g/mol.